The number of hydrogen-bond donors (Lipinski definition) is 2. The van der Waals surface area contributed by atoms with Crippen LogP contribution in [-0.4, -0.2) is 55.6 Å². The van der Waals surface area contributed by atoms with Crippen LogP contribution in [0.3, 0.4) is 0 Å². The molecular weight excluding hydrogens is 529 g/mol. The summed E-state index contributed by atoms with van der Waals surface area (Å²) >= 11 is 0.953. The van der Waals surface area contributed by atoms with Crippen molar-refractivity contribution >= 4 is 28.3 Å². The molecule has 1 fully saturated rings. The standard InChI is InChI=1S/C27H25F3N6O2S/c1-27(2,38)13-36-24-20(33-34-36)9-18(22(29)23(24)30)25-17(14-5-6-15(11-31)19(28)8-14)10-21(39-25)26(37)35-7-3-4-16(32)12-35/h5-6,8-10,16,38H,3-4,7,12-13,32H2,1-2H3/t16-/m1/s1. The number of nitriles is 1. The van der Waals surface area contributed by atoms with E-state index in [1.54, 1.807) is 11.0 Å². The number of carbonyl (C=O) groups is 1. The molecule has 3 N–H and O–H groups in total. The number of nitrogens with two attached hydrogens (primary N) is 1. The molecule has 1 amide bonds. The first-order valence-electron chi connectivity index (χ1n) is 12.3. The first-order chi connectivity index (χ1) is 18.5. The van der Waals surface area contributed by atoms with E-state index in [9.17, 15) is 14.3 Å². The van der Waals surface area contributed by atoms with Crippen LogP contribution in [0.25, 0.3) is 32.6 Å². The molecular formula is C27H25F3N6O2S. The lowest BCUT2D eigenvalue weighted by Crippen LogP contribution is -2.45. The van der Waals surface area contributed by atoms with Crippen molar-refractivity contribution in [2.75, 3.05) is 13.1 Å². The summed E-state index contributed by atoms with van der Waals surface area (Å²) in [4.78, 5) is 15.5. The maximum atomic E-state index is 15.7. The van der Waals surface area contributed by atoms with Crippen LogP contribution in [-0.2, 0) is 6.54 Å². The third-order valence-corrected chi connectivity index (χ3v) is 7.71. The highest BCUT2D eigenvalue weighted by Crippen LogP contribution is 2.43. The molecule has 0 spiro atoms. The van der Waals surface area contributed by atoms with Gasteiger partial charge in [-0.25, -0.2) is 17.9 Å². The Kier molecular flexibility index (Phi) is 6.92. The van der Waals surface area contributed by atoms with Gasteiger partial charge in [-0.15, -0.1) is 16.4 Å². The van der Waals surface area contributed by atoms with Gasteiger partial charge in [-0.3, -0.25) is 4.79 Å². The Bertz CT molecular complexity index is 1640. The Balaban J connectivity index is 1.68. The highest BCUT2D eigenvalue weighted by atomic mass is 32.1. The average molecular weight is 555 g/mol. The Morgan fingerprint density at radius 2 is 2.00 bits per heavy atom. The van der Waals surface area contributed by atoms with Gasteiger partial charge < -0.3 is 15.7 Å². The molecule has 2 aromatic carbocycles. The van der Waals surface area contributed by atoms with Crippen LogP contribution in [0.5, 0.6) is 0 Å². The maximum Gasteiger partial charge on any atom is 0.264 e. The highest BCUT2D eigenvalue weighted by molar-refractivity contribution is 7.18. The summed E-state index contributed by atoms with van der Waals surface area (Å²) in [5.41, 5.74) is 4.89. The number of hydrogen-bond acceptors (Lipinski definition) is 7. The summed E-state index contributed by atoms with van der Waals surface area (Å²) in [6, 6.07) is 8.35. The first kappa shape index (κ1) is 26.8. The van der Waals surface area contributed by atoms with Crippen LogP contribution in [0.2, 0.25) is 0 Å². The van der Waals surface area contributed by atoms with E-state index >= 15 is 8.78 Å². The van der Waals surface area contributed by atoms with Crippen LogP contribution in [0, 0.1) is 28.8 Å². The van der Waals surface area contributed by atoms with E-state index < -0.39 is 23.1 Å². The summed E-state index contributed by atoms with van der Waals surface area (Å²) < 4.78 is 46.8. The van der Waals surface area contributed by atoms with Crippen LogP contribution < -0.4 is 5.73 Å². The molecule has 1 aliphatic heterocycles. The Labute approximate surface area is 226 Å². The molecule has 1 aliphatic rings. The van der Waals surface area contributed by atoms with Crippen molar-refractivity contribution in [1.82, 2.24) is 19.9 Å². The molecule has 0 saturated carbocycles. The van der Waals surface area contributed by atoms with Gasteiger partial charge in [-0.05, 0) is 56.5 Å². The second kappa shape index (κ2) is 10.1. The Morgan fingerprint density at radius 3 is 2.67 bits per heavy atom. The van der Waals surface area contributed by atoms with Crippen LogP contribution >= 0.6 is 11.3 Å². The topological polar surface area (TPSA) is 121 Å². The minimum atomic E-state index is -1.25. The largest absolute Gasteiger partial charge is 0.389 e. The summed E-state index contributed by atoms with van der Waals surface area (Å²) in [6.07, 6.45) is 1.55. The number of benzene rings is 2. The number of thiophene rings is 1. The molecule has 0 radical (unpaired) electrons. The van der Waals surface area contributed by atoms with Crippen molar-refractivity contribution in [2.45, 2.75) is 44.9 Å². The van der Waals surface area contributed by atoms with E-state index in [0.717, 1.165) is 34.9 Å². The minimum Gasteiger partial charge on any atom is -0.389 e. The quantitative estimate of drug-likeness (QED) is 0.376. The first-order valence-corrected chi connectivity index (χ1v) is 13.1. The predicted octanol–water partition coefficient (Wildman–Crippen LogP) is 4.45. The predicted molar refractivity (Wildman–Crippen MR) is 140 cm³/mol. The third kappa shape index (κ3) is 5.13. The van der Waals surface area contributed by atoms with Gasteiger partial charge >= 0.3 is 0 Å². The van der Waals surface area contributed by atoms with E-state index in [2.05, 4.69) is 10.3 Å². The summed E-state index contributed by atoms with van der Waals surface area (Å²) in [5.74, 6) is -3.50. The second-order valence-corrected chi connectivity index (χ2v) is 11.3. The van der Waals surface area contributed by atoms with Crippen molar-refractivity contribution < 1.29 is 23.1 Å². The second-order valence-electron chi connectivity index (χ2n) is 10.3. The van der Waals surface area contributed by atoms with Crippen molar-refractivity contribution in [3.05, 3.63) is 58.2 Å². The molecule has 1 atom stereocenters. The smallest absolute Gasteiger partial charge is 0.264 e. The van der Waals surface area contributed by atoms with Crippen molar-refractivity contribution in [2.24, 2.45) is 5.73 Å². The zero-order chi connectivity index (χ0) is 28.1. The maximum absolute atomic E-state index is 15.7. The van der Waals surface area contributed by atoms with E-state index in [1.807, 2.05) is 0 Å². The van der Waals surface area contributed by atoms with E-state index in [4.69, 9.17) is 11.0 Å². The lowest BCUT2D eigenvalue weighted by molar-refractivity contribution is 0.0583. The molecule has 2 aromatic heterocycles. The number of nitrogens with zero attached hydrogens (tertiary/aromatic N) is 5. The van der Waals surface area contributed by atoms with Crippen LogP contribution in [0.15, 0.2) is 30.3 Å². The van der Waals surface area contributed by atoms with E-state index in [-0.39, 0.29) is 56.0 Å². The van der Waals surface area contributed by atoms with Crippen LogP contribution in [0.1, 0.15) is 41.9 Å². The third-order valence-electron chi connectivity index (χ3n) is 6.55. The minimum absolute atomic E-state index is 0.0494. The molecule has 0 bridgehead atoms. The van der Waals surface area contributed by atoms with Gasteiger partial charge in [0.15, 0.2) is 11.6 Å². The number of fused-ring (bicyclic) bond motifs is 1. The van der Waals surface area contributed by atoms with Gasteiger partial charge in [0.05, 0.1) is 22.6 Å². The molecule has 1 saturated heterocycles. The molecule has 0 aliphatic carbocycles. The summed E-state index contributed by atoms with van der Waals surface area (Å²) in [6.45, 7) is 3.77. The number of rotatable bonds is 5. The van der Waals surface area contributed by atoms with Crippen molar-refractivity contribution in [3.8, 4) is 27.6 Å². The number of aromatic nitrogens is 3. The fourth-order valence-electron chi connectivity index (χ4n) is 4.75. The summed E-state index contributed by atoms with van der Waals surface area (Å²) in [7, 11) is 0. The lowest BCUT2D eigenvalue weighted by atomic mass is 9.99. The zero-order valence-electron chi connectivity index (χ0n) is 21.2. The molecule has 3 heterocycles. The molecule has 5 rings (SSSR count). The fourth-order valence-corrected chi connectivity index (χ4v) is 5.91. The van der Waals surface area contributed by atoms with Crippen molar-refractivity contribution in [1.29, 1.82) is 5.26 Å². The highest BCUT2D eigenvalue weighted by Gasteiger charge is 2.29. The van der Waals surface area contributed by atoms with Crippen molar-refractivity contribution in [3.63, 3.8) is 0 Å². The van der Waals surface area contributed by atoms with Gasteiger partial charge in [0, 0.05) is 35.1 Å². The van der Waals surface area contributed by atoms with Gasteiger partial charge in [-0.2, -0.15) is 5.26 Å². The van der Waals surface area contributed by atoms with Gasteiger partial charge in [0.1, 0.15) is 22.9 Å². The van der Waals surface area contributed by atoms with Gasteiger partial charge in [-0.1, -0.05) is 11.3 Å². The van der Waals surface area contributed by atoms with Gasteiger partial charge in [0.25, 0.3) is 5.91 Å². The lowest BCUT2D eigenvalue weighted by Gasteiger charge is -2.30. The average Bonchev–Trinajstić information content (AvgIpc) is 3.49. The molecule has 0 unspecified atom stereocenters. The SMILES string of the molecule is CC(C)(O)Cn1nnc2cc(-c3sc(C(=O)N4CCC[C@@H](N)C4)cc3-c3ccc(C#N)c(F)c3)c(F)c(F)c21. The number of carbonyl (C=O) groups excluding carboxylic acids is 1. The van der Waals surface area contributed by atoms with E-state index in [0.29, 0.717) is 18.7 Å². The molecule has 202 valence electrons. The van der Waals surface area contributed by atoms with Crippen LogP contribution in [0.4, 0.5) is 13.2 Å². The van der Waals surface area contributed by atoms with E-state index in [1.165, 1.54) is 38.1 Å². The molecule has 4 aromatic rings. The molecule has 12 heteroatoms. The zero-order valence-corrected chi connectivity index (χ0v) is 22.0. The molecule has 39 heavy (non-hydrogen) atoms. The fraction of sp³-hybridized carbons (Fsp3) is 0.333. The Morgan fingerprint density at radius 1 is 1.23 bits per heavy atom. The normalized spacial score (nSPS) is 16.1. The molecule has 8 nitrogen and oxygen atoms in total. The summed E-state index contributed by atoms with van der Waals surface area (Å²) in [5, 5.41) is 27.1. The monoisotopic (exact) mass is 554 g/mol. The number of halogens is 3. The Hall–Kier alpha value is -3.79. The number of likely N-dealkylation sites (tertiary alicyclic amines) is 1. The van der Waals surface area contributed by atoms with Gasteiger partial charge in [0.2, 0.25) is 0 Å². The number of piperidine rings is 1. The number of aliphatic hydroxyl groups is 1. The number of amides is 1.